The molecule has 0 aliphatic rings. The van der Waals surface area contributed by atoms with Crippen LogP contribution in [0.5, 0.6) is 0 Å². The number of rotatable bonds is 10. The van der Waals surface area contributed by atoms with Crippen molar-refractivity contribution in [1.82, 2.24) is 0 Å². The Kier molecular flexibility index (Phi) is 10.9. The van der Waals surface area contributed by atoms with Crippen LogP contribution in [0.3, 0.4) is 0 Å². The second-order valence-electron chi connectivity index (χ2n) is 4.08. The average Bonchev–Trinajstić information content (AvgIpc) is 2.20. The standard InChI is InChI=1S/C12H26O2/c1-2-3-9-12(14)10-7-5-4-6-8-11-13/h12-14H,2-11H2,1H3. The number of hydrogen-bond acceptors (Lipinski definition) is 2. The molecule has 0 aromatic rings. The summed E-state index contributed by atoms with van der Waals surface area (Å²) in [6.45, 7) is 2.47. The lowest BCUT2D eigenvalue weighted by molar-refractivity contribution is 0.148. The summed E-state index contributed by atoms with van der Waals surface area (Å²) in [5, 5.41) is 18.1. The van der Waals surface area contributed by atoms with Gasteiger partial charge in [-0.2, -0.15) is 0 Å². The normalized spacial score (nSPS) is 13.1. The Labute approximate surface area is 88.3 Å². The summed E-state index contributed by atoms with van der Waals surface area (Å²) >= 11 is 0. The molecule has 0 saturated carbocycles. The maximum atomic E-state index is 9.54. The van der Waals surface area contributed by atoms with Gasteiger partial charge < -0.3 is 10.2 Å². The van der Waals surface area contributed by atoms with E-state index in [9.17, 15) is 5.11 Å². The van der Waals surface area contributed by atoms with Crippen LogP contribution < -0.4 is 0 Å². The van der Waals surface area contributed by atoms with Crippen molar-refractivity contribution in [3.05, 3.63) is 0 Å². The molecule has 2 N–H and O–H groups in total. The first kappa shape index (κ1) is 13.9. The Morgan fingerprint density at radius 3 is 2.07 bits per heavy atom. The zero-order chi connectivity index (χ0) is 10.6. The van der Waals surface area contributed by atoms with Crippen LogP contribution >= 0.6 is 0 Å². The molecule has 1 unspecified atom stereocenters. The Morgan fingerprint density at radius 1 is 0.857 bits per heavy atom. The average molecular weight is 202 g/mol. The van der Waals surface area contributed by atoms with E-state index in [-0.39, 0.29) is 6.10 Å². The second kappa shape index (κ2) is 11.0. The first-order chi connectivity index (χ1) is 6.81. The molecule has 0 amide bonds. The Bertz CT molecular complexity index is 104. The molecule has 0 bridgehead atoms. The van der Waals surface area contributed by atoms with Gasteiger partial charge in [0, 0.05) is 6.61 Å². The van der Waals surface area contributed by atoms with Crippen molar-refractivity contribution < 1.29 is 10.2 Å². The molecule has 0 heterocycles. The number of aliphatic hydroxyl groups excluding tert-OH is 2. The highest BCUT2D eigenvalue weighted by atomic mass is 16.3. The Hall–Kier alpha value is -0.0800. The van der Waals surface area contributed by atoms with E-state index in [1.165, 1.54) is 19.3 Å². The van der Waals surface area contributed by atoms with Gasteiger partial charge in [0.2, 0.25) is 0 Å². The SMILES string of the molecule is CCCCC(O)CCCCCCCO. The summed E-state index contributed by atoms with van der Waals surface area (Å²) in [6, 6.07) is 0. The summed E-state index contributed by atoms with van der Waals surface area (Å²) in [6.07, 6.45) is 9.75. The highest BCUT2D eigenvalue weighted by molar-refractivity contribution is 4.56. The first-order valence-corrected chi connectivity index (χ1v) is 6.10. The van der Waals surface area contributed by atoms with Crippen LogP contribution in [0.1, 0.15) is 64.7 Å². The molecule has 0 radical (unpaired) electrons. The second-order valence-corrected chi connectivity index (χ2v) is 4.08. The minimum absolute atomic E-state index is 0.0761. The van der Waals surface area contributed by atoms with Gasteiger partial charge in [-0.3, -0.25) is 0 Å². The fourth-order valence-electron chi connectivity index (χ4n) is 1.61. The van der Waals surface area contributed by atoms with E-state index in [1.54, 1.807) is 0 Å². The summed E-state index contributed by atoms with van der Waals surface area (Å²) in [5.74, 6) is 0. The minimum Gasteiger partial charge on any atom is -0.396 e. The van der Waals surface area contributed by atoms with Gasteiger partial charge in [0.05, 0.1) is 6.10 Å². The van der Waals surface area contributed by atoms with Gasteiger partial charge in [-0.25, -0.2) is 0 Å². The third-order valence-corrected chi connectivity index (χ3v) is 2.59. The van der Waals surface area contributed by atoms with Crippen LogP contribution in [-0.4, -0.2) is 22.9 Å². The third kappa shape index (κ3) is 10.0. The van der Waals surface area contributed by atoms with Crippen molar-refractivity contribution in [2.45, 2.75) is 70.8 Å². The number of hydrogen-bond donors (Lipinski definition) is 2. The Balaban J connectivity index is 3.02. The van der Waals surface area contributed by atoms with E-state index in [1.807, 2.05) is 0 Å². The lowest BCUT2D eigenvalue weighted by Crippen LogP contribution is -2.05. The molecule has 1 atom stereocenters. The molecule has 0 aliphatic carbocycles. The molecule has 14 heavy (non-hydrogen) atoms. The lowest BCUT2D eigenvalue weighted by Gasteiger charge is -2.08. The van der Waals surface area contributed by atoms with Crippen LogP contribution in [0.2, 0.25) is 0 Å². The van der Waals surface area contributed by atoms with Crippen molar-refractivity contribution in [3.8, 4) is 0 Å². The molecule has 86 valence electrons. The van der Waals surface area contributed by atoms with Crippen LogP contribution in [0.4, 0.5) is 0 Å². The van der Waals surface area contributed by atoms with E-state index in [2.05, 4.69) is 6.92 Å². The van der Waals surface area contributed by atoms with E-state index in [4.69, 9.17) is 5.11 Å². The topological polar surface area (TPSA) is 40.5 Å². The van der Waals surface area contributed by atoms with E-state index >= 15 is 0 Å². The highest BCUT2D eigenvalue weighted by Gasteiger charge is 2.02. The number of aliphatic hydroxyl groups is 2. The van der Waals surface area contributed by atoms with Crippen molar-refractivity contribution in [2.24, 2.45) is 0 Å². The molecule has 0 aromatic carbocycles. The molecule has 2 nitrogen and oxygen atoms in total. The van der Waals surface area contributed by atoms with Gasteiger partial charge in [-0.15, -0.1) is 0 Å². The van der Waals surface area contributed by atoms with Gasteiger partial charge in [-0.1, -0.05) is 45.4 Å². The molecule has 0 fully saturated rings. The van der Waals surface area contributed by atoms with E-state index < -0.39 is 0 Å². The van der Waals surface area contributed by atoms with Crippen molar-refractivity contribution >= 4 is 0 Å². The molecular formula is C12H26O2. The molecule has 0 aromatic heterocycles. The van der Waals surface area contributed by atoms with Gasteiger partial charge in [0.15, 0.2) is 0 Å². The highest BCUT2D eigenvalue weighted by Crippen LogP contribution is 2.10. The predicted molar refractivity (Wildman–Crippen MR) is 60.3 cm³/mol. The van der Waals surface area contributed by atoms with Gasteiger partial charge in [0.25, 0.3) is 0 Å². The predicted octanol–water partition coefficient (Wildman–Crippen LogP) is 2.87. The van der Waals surface area contributed by atoms with Crippen molar-refractivity contribution in [2.75, 3.05) is 6.61 Å². The summed E-state index contributed by atoms with van der Waals surface area (Å²) < 4.78 is 0. The van der Waals surface area contributed by atoms with Crippen molar-refractivity contribution in [3.63, 3.8) is 0 Å². The Morgan fingerprint density at radius 2 is 1.43 bits per heavy atom. The summed E-state index contributed by atoms with van der Waals surface area (Å²) in [4.78, 5) is 0. The molecule has 0 aliphatic heterocycles. The molecule has 0 saturated heterocycles. The minimum atomic E-state index is -0.0761. The zero-order valence-electron chi connectivity index (χ0n) is 9.54. The number of unbranched alkanes of at least 4 members (excludes halogenated alkanes) is 5. The van der Waals surface area contributed by atoms with Gasteiger partial charge >= 0.3 is 0 Å². The summed E-state index contributed by atoms with van der Waals surface area (Å²) in [5.41, 5.74) is 0. The zero-order valence-corrected chi connectivity index (χ0v) is 9.54. The van der Waals surface area contributed by atoms with Crippen LogP contribution in [0, 0.1) is 0 Å². The van der Waals surface area contributed by atoms with E-state index in [0.717, 1.165) is 38.5 Å². The lowest BCUT2D eigenvalue weighted by atomic mass is 10.0. The van der Waals surface area contributed by atoms with Gasteiger partial charge in [-0.05, 0) is 19.3 Å². The molecule has 0 spiro atoms. The largest absolute Gasteiger partial charge is 0.396 e. The third-order valence-electron chi connectivity index (χ3n) is 2.59. The molecular weight excluding hydrogens is 176 g/mol. The molecule has 0 rings (SSSR count). The maximum Gasteiger partial charge on any atom is 0.0540 e. The van der Waals surface area contributed by atoms with Crippen LogP contribution in [0.15, 0.2) is 0 Å². The molecule has 2 heteroatoms. The van der Waals surface area contributed by atoms with Gasteiger partial charge in [0.1, 0.15) is 0 Å². The van der Waals surface area contributed by atoms with Crippen LogP contribution in [-0.2, 0) is 0 Å². The monoisotopic (exact) mass is 202 g/mol. The summed E-state index contributed by atoms with van der Waals surface area (Å²) in [7, 11) is 0. The fraction of sp³-hybridized carbons (Fsp3) is 1.00. The maximum absolute atomic E-state index is 9.54. The van der Waals surface area contributed by atoms with Crippen molar-refractivity contribution in [1.29, 1.82) is 0 Å². The first-order valence-electron chi connectivity index (χ1n) is 6.10. The van der Waals surface area contributed by atoms with Crippen LogP contribution in [0.25, 0.3) is 0 Å². The smallest absolute Gasteiger partial charge is 0.0540 e. The fourth-order valence-corrected chi connectivity index (χ4v) is 1.61. The quantitative estimate of drug-likeness (QED) is 0.535. The van der Waals surface area contributed by atoms with E-state index in [0.29, 0.717) is 6.61 Å².